The van der Waals surface area contributed by atoms with Gasteiger partial charge in [-0.25, -0.2) is 13.1 Å². The summed E-state index contributed by atoms with van der Waals surface area (Å²) < 4.78 is 27.1. The third-order valence-corrected chi connectivity index (χ3v) is 6.48. The molecule has 2 unspecified atom stereocenters. The van der Waals surface area contributed by atoms with E-state index < -0.39 is 15.6 Å². The first-order chi connectivity index (χ1) is 11.6. The maximum absolute atomic E-state index is 12.6. The molecule has 1 aromatic carbocycles. The number of nitrogens with two attached hydrogens (primary N) is 1. The number of benzene rings is 1. The van der Waals surface area contributed by atoms with E-state index >= 15 is 0 Å². The minimum absolute atomic E-state index is 0. The summed E-state index contributed by atoms with van der Waals surface area (Å²) in [6.45, 7) is 4.33. The highest BCUT2D eigenvalue weighted by atomic mass is 35.5. The second kappa shape index (κ2) is 9.17. The predicted molar refractivity (Wildman–Crippen MR) is 106 cm³/mol. The summed E-state index contributed by atoms with van der Waals surface area (Å²) in [4.78, 5) is 14.5. The third-order valence-electron chi connectivity index (χ3n) is 5.00. The number of hydrogen-bond acceptors (Lipinski definition) is 4. The highest BCUT2D eigenvalue weighted by molar-refractivity contribution is 7.89. The van der Waals surface area contributed by atoms with E-state index in [0.29, 0.717) is 6.54 Å². The normalized spacial score (nSPS) is 23.2. The number of aryl methyl sites for hydroxylation is 1. The molecule has 0 saturated heterocycles. The fraction of sp³-hybridized carbons (Fsp3) is 0.611. The maximum atomic E-state index is 12.6. The van der Waals surface area contributed by atoms with Crippen LogP contribution in [0.15, 0.2) is 29.2 Å². The van der Waals surface area contributed by atoms with Gasteiger partial charge in [0.2, 0.25) is 15.9 Å². The first kappa shape index (κ1) is 22.9. The summed E-state index contributed by atoms with van der Waals surface area (Å²) in [5.74, 6) is -0.195. The van der Waals surface area contributed by atoms with Gasteiger partial charge in [-0.15, -0.1) is 12.4 Å². The lowest BCUT2D eigenvalue weighted by Crippen LogP contribution is -2.53. The van der Waals surface area contributed by atoms with Gasteiger partial charge in [0, 0.05) is 25.7 Å². The Morgan fingerprint density at radius 3 is 2.50 bits per heavy atom. The lowest BCUT2D eigenvalue weighted by Gasteiger charge is -2.39. The quantitative estimate of drug-likeness (QED) is 0.760. The number of rotatable bonds is 6. The number of sulfonamides is 1. The van der Waals surface area contributed by atoms with Gasteiger partial charge >= 0.3 is 0 Å². The molecule has 0 aliphatic heterocycles. The summed E-state index contributed by atoms with van der Waals surface area (Å²) in [6.07, 6.45) is 3.70. The summed E-state index contributed by atoms with van der Waals surface area (Å²) in [6, 6.07) is 6.67. The number of amides is 1. The molecule has 2 atom stereocenters. The number of nitrogens with one attached hydrogen (secondary N) is 1. The molecule has 148 valence electrons. The molecule has 0 spiro atoms. The molecule has 1 aliphatic rings. The number of hydrogen-bond donors (Lipinski definition) is 2. The van der Waals surface area contributed by atoms with Crippen molar-refractivity contribution in [3.05, 3.63) is 29.8 Å². The summed E-state index contributed by atoms with van der Waals surface area (Å²) in [7, 11) is -1.86. The van der Waals surface area contributed by atoms with E-state index in [1.54, 1.807) is 36.2 Å². The molecule has 1 aliphatic carbocycles. The van der Waals surface area contributed by atoms with E-state index in [9.17, 15) is 13.2 Å². The predicted octanol–water partition coefficient (Wildman–Crippen LogP) is 2.06. The highest BCUT2D eigenvalue weighted by Gasteiger charge is 2.38. The summed E-state index contributed by atoms with van der Waals surface area (Å²) >= 11 is 0. The minimum atomic E-state index is -3.56. The van der Waals surface area contributed by atoms with Crippen LogP contribution in [0.5, 0.6) is 0 Å². The molecule has 2 rings (SSSR count). The van der Waals surface area contributed by atoms with Crippen LogP contribution in [0.2, 0.25) is 0 Å². The molecular formula is C18H30ClN3O3S. The zero-order valence-electron chi connectivity index (χ0n) is 15.7. The van der Waals surface area contributed by atoms with Crippen molar-refractivity contribution in [1.82, 2.24) is 9.62 Å². The van der Waals surface area contributed by atoms with Crippen molar-refractivity contribution in [2.75, 3.05) is 20.1 Å². The van der Waals surface area contributed by atoms with E-state index in [4.69, 9.17) is 5.73 Å². The largest absolute Gasteiger partial charge is 0.344 e. The van der Waals surface area contributed by atoms with Crippen LogP contribution in [0.3, 0.4) is 0 Å². The van der Waals surface area contributed by atoms with Gasteiger partial charge in [0.05, 0.1) is 10.8 Å². The van der Waals surface area contributed by atoms with E-state index in [1.807, 2.05) is 13.8 Å². The van der Waals surface area contributed by atoms with Crippen LogP contribution < -0.4 is 10.5 Å². The molecule has 1 saturated carbocycles. The molecule has 26 heavy (non-hydrogen) atoms. The Labute approximate surface area is 163 Å². The molecule has 3 N–H and O–H groups in total. The second-order valence-corrected chi connectivity index (χ2v) is 9.04. The Morgan fingerprint density at radius 2 is 1.92 bits per heavy atom. The number of carbonyl (C=O) groups excluding carboxylic acids is 1. The lowest BCUT2D eigenvalue weighted by molar-refractivity contribution is -0.137. The second-order valence-electron chi connectivity index (χ2n) is 7.27. The first-order valence-electron chi connectivity index (χ1n) is 8.74. The zero-order chi connectivity index (χ0) is 18.7. The van der Waals surface area contributed by atoms with Gasteiger partial charge in [0.25, 0.3) is 0 Å². The number of likely N-dealkylation sites (N-methyl/N-ethyl adjacent to an activating group) is 1. The van der Waals surface area contributed by atoms with Gasteiger partial charge in [0.1, 0.15) is 0 Å². The fourth-order valence-electron chi connectivity index (χ4n) is 3.29. The zero-order valence-corrected chi connectivity index (χ0v) is 17.3. The topological polar surface area (TPSA) is 92.5 Å². The molecule has 0 radical (unpaired) electrons. The van der Waals surface area contributed by atoms with Gasteiger partial charge in [-0.2, -0.15) is 0 Å². The summed E-state index contributed by atoms with van der Waals surface area (Å²) in [5.41, 5.74) is 6.81. The molecule has 1 amide bonds. The average molecular weight is 404 g/mol. The van der Waals surface area contributed by atoms with Crippen molar-refractivity contribution in [3.63, 3.8) is 0 Å². The van der Waals surface area contributed by atoms with Crippen molar-refractivity contribution >= 4 is 28.3 Å². The van der Waals surface area contributed by atoms with Crippen molar-refractivity contribution in [2.45, 2.75) is 50.0 Å². The number of nitrogens with zero attached hydrogens (tertiary/aromatic N) is 1. The summed E-state index contributed by atoms with van der Waals surface area (Å²) in [5, 5.41) is 0. The highest BCUT2D eigenvalue weighted by Crippen LogP contribution is 2.32. The molecule has 0 bridgehead atoms. The maximum Gasteiger partial charge on any atom is 0.240 e. The van der Waals surface area contributed by atoms with Crippen LogP contribution in [0.25, 0.3) is 0 Å². The third kappa shape index (κ3) is 5.67. The minimum Gasteiger partial charge on any atom is -0.344 e. The van der Waals surface area contributed by atoms with E-state index in [-0.39, 0.29) is 35.7 Å². The monoisotopic (exact) mass is 403 g/mol. The SMILES string of the molecule is Cc1ccc(S(=O)(=O)NCCN(C)C(=O)C2CCCCC2(C)N)cc1.Cl. The van der Waals surface area contributed by atoms with Gasteiger partial charge in [0.15, 0.2) is 0 Å². The van der Waals surface area contributed by atoms with Gasteiger partial charge in [-0.1, -0.05) is 30.5 Å². The van der Waals surface area contributed by atoms with Gasteiger partial charge < -0.3 is 10.6 Å². The van der Waals surface area contributed by atoms with Gasteiger partial charge in [-0.3, -0.25) is 4.79 Å². The average Bonchev–Trinajstić information content (AvgIpc) is 2.54. The van der Waals surface area contributed by atoms with Crippen molar-refractivity contribution in [1.29, 1.82) is 0 Å². The molecule has 0 aromatic heterocycles. The van der Waals surface area contributed by atoms with Crippen LogP contribution >= 0.6 is 12.4 Å². The van der Waals surface area contributed by atoms with Crippen LogP contribution in [0.1, 0.15) is 38.2 Å². The van der Waals surface area contributed by atoms with Crippen LogP contribution in [0.4, 0.5) is 0 Å². The molecule has 6 nitrogen and oxygen atoms in total. The van der Waals surface area contributed by atoms with Crippen molar-refractivity contribution < 1.29 is 13.2 Å². The van der Waals surface area contributed by atoms with Crippen LogP contribution in [-0.4, -0.2) is 44.9 Å². The molecule has 8 heteroatoms. The van der Waals surface area contributed by atoms with E-state index in [1.165, 1.54) is 0 Å². The number of halogens is 1. The van der Waals surface area contributed by atoms with Crippen molar-refractivity contribution in [3.8, 4) is 0 Å². The van der Waals surface area contributed by atoms with E-state index in [0.717, 1.165) is 31.2 Å². The molecule has 1 fully saturated rings. The smallest absolute Gasteiger partial charge is 0.240 e. The first-order valence-corrected chi connectivity index (χ1v) is 10.2. The molecular weight excluding hydrogens is 374 g/mol. The Bertz CT molecular complexity index is 705. The van der Waals surface area contributed by atoms with Crippen molar-refractivity contribution in [2.24, 2.45) is 11.7 Å². The Balaban J connectivity index is 0.00000338. The van der Waals surface area contributed by atoms with E-state index in [2.05, 4.69) is 4.72 Å². The fourth-order valence-corrected chi connectivity index (χ4v) is 4.31. The van der Waals surface area contributed by atoms with Crippen LogP contribution in [0, 0.1) is 12.8 Å². The lowest BCUT2D eigenvalue weighted by atomic mass is 9.74. The molecule has 0 heterocycles. The Kier molecular flexibility index (Phi) is 8.07. The number of carbonyl (C=O) groups is 1. The Morgan fingerprint density at radius 1 is 1.31 bits per heavy atom. The van der Waals surface area contributed by atoms with Gasteiger partial charge in [-0.05, 0) is 38.8 Å². The Hall–Kier alpha value is -1.15. The standard InChI is InChI=1S/C18H29N3O3S.ClH/c1-14-7-9-15(10-8-14)25(23,24)20-12-13-21(3)17(22)16-6-4-5-11-18(16,2)19;/h7-10,16,20H,4-6,11-13,19H2,1-3H3;1H. The molecule has 1 aromatic rings. The van der Waals surface area contributed by atoms with Crippen LogP contribution in [-0.2, 0) is 14.8 Å².